The Bertz CT molecular complexity index is 736. The van der Waals surface area contributed by atoms with Crippen LogP contribution in [0.1, 0.15) is 26.5 Å². The van der Waals surface area contributed by atoms with E-state index in [1.165, 1.54) is 0 Å². The fraction of sp³-hybridized carbons (Fsp3) is 0.412. The third-order valence-corrected chi connectivity index (χ3v) is 6.08. The van der Waals surface area contributed by atoms with Crippen LogP contribution in [0, 0.1) is 0 Å². The monoisotopic (exact) mass is 333 g/mol. The standard InChI is InChI=1S/C17H23N3O2S/c1-17(2,3)23(21,22)16-9-8-15(13-19-16)20(4)12-10-14-7-5-6-11-18-14/h5-9,11,13H,10,12H2,1-4H3. The number of hydrogen-bond donors (Lipinski definition) is 0. The largest absolute Gasteiger partial charge is 0.373 e. The van der Waals surface area contributed by atoms with E-state index < -0.39 is 14.6 Å². The summed E-state index contributed by atoms with van der Waals surface area (Å²) in [7, 11) is -1.46. The predicted octanol–water partition coefficient (Wildman–Crippen LogP) is 2.73. The van der Waals surface area contributed by atoms with Crippen LogP contribution < -0.4 is 4.90 Å². The second kappa shape index (κ2) is 6.66. The van der Waals surface area contributed by atoms with Crippen molar-refractivity contribution in [3.05, 3.63) is 48.4 Å². The Balaban J connectivity index is 2.07. The van der Waals surface area contributed by atoms with Gasteiger partial charge in [-0.3, -0.25) is 4.98 Å². The van der Waals surface area contributed by atoms with Crippen LogP contribution in [0.15, 0.2) is 47.8 Å². The number of nitrogens with zero attached hydrogens (tertiary/aromatic N) is 3. The summed E-state index contributed by atoms with van der Waals surface area (Å²) in [6.07, 6.45) is 4.21. The molecule has 2 heterocycles. The van der Waals surface area contributed by atoms with Gasteiger partial charge in [0, 0.05) is 31.9 Å². The van der Waals surface area contributed by atoms with Crippen molar-refractivity contribution < 1.29 is 8.42 Å². The van der Waals surface area contributed by atoms with Gasteiger partial charge in [0.05, 0.1) is 16.6 Å². The molecule has 0 unspecified atom stereocenters. The Kier molecular flexibility index (Phi) is 5.04. The molecule has 5 nitrogen and oxygen atoms in total. The Morgan fingerprint density at radius 2 is 1.83 bits per heavy atom. The smallest absolute Gasteiger partial charge is 0.200 e. The molecule has 124 valence electrons. The molecule has 0 N–H and O–H groups in total. The first kappa shape index (κ1) is 17.4. The molecule has 2 aromatic rings. The first-order valence-corrected chi connectivity index (χ1v) is 9.02. The molecule has 0 fully saturated rings. The van der Waals surface area contributed by atoms with Crippen molar-refractivity contribution in [3.63, 3.8) is 0 Å². The second-order valence-corrected chi connectivity index (χ2v) is 9.11. The average Bonchev–Trinajstić information content (AvgIpc) is 2.52. The van der Waals surface area contributed by atoms with Crippen LogP contribution in [0.3, 0.4) is 0 Å². The normalized spacial score (nSPS) is 12.2. The molecular weight excluding hydrogens is 310 g/mol. The van der Waals surface area contributed by atoms with Gasteiger partial charge in [-0.2, -0.15) is 0 Å². The van der Waals surface area contributed by atoms with Gasteiger partial charge in [0.25, 0.3) is 0 Å². The molecular formula is C17H23N3O2S. The highest BCUT2D eigenvalue weighted by Gasteiger charge is 2.31. The SMILES string of the molecule is CN(CCc1ccccn1)c1ccc(S(=O)(=O)C(C)(C)C)nc1. The van der Waals surface area contributed by atoms with Gasteiger partial charge in [-0.05, 0) is 45.0 Å². The van der Waals surface area contributed by atoms with Crippen LogP contribution >= 0.6 is 0 Å². The number of anilines is 1. The molecule has 0 saturated heterocycles. The van der Waals surface area contributed by atoms with Gasteiger partial charge in [-0.15, -0.1) is 0 Å². The number of aromatic nitrogens is 2. The van der Waals surface area contributed by atoms with E-state index in [0.29, 0.717) is 0 Å². The van der Waals surface area contributed by atoms with Gasteiger partial charge in [0.1, 0.15) is 0 Å². The lowest BCUT2D eigenvalue weighted by molar-refractivity contribution is 0.556. The molecule has 0 spiro atoms. The Morgan fingerprint density at radius 1 is 1.09 bits per heavy atom. The molecule has 0 aromatic carbocycles. The number of likely N-dealkylation sites (N-methyl/N-ethyl adjacent to an activating group) is 1. The summed E-state index contributed by atoms with van der Waals surface area (Å²) < 4.78 is 23.9. The zero-order chi connectivity index (χ0) is 17.1. The highest BCUT2D eigenvalue weighted by Crippen LogP contribution is 2.24. The van der Waals surface area contributed by atoms with Crippen LogP contribution in [0.4, 0.5) is 5.69 Å². The van der Waals surface area contributed by atoms with E-state index in [-0.39, 0.29) is 5.03 Å². The van der Waals surface area contributed by atoms with Gasteiger partial charge < -0.3 is 4.90 Å². The zero-order valence-electron chi connectivity index (χ0n) is 14.0. The van der Waals surface area contributed by atoms with E-state index >= 15 is 0 Å². The van der Waals surface area contributed by atoms with E-state index in [0.717, 1.165) is 24.3 Å². The highest BCUT2D eigenvalue weighted by atomic mass is 32.2. The van der Waals surface area contributed by atoms with Crippen molar-refractivity contribution in [2.45, 2.75) is 37.0 Å². The summed E-state index contributed by atoms with van der Waals surface area (Å²) in [6, 6.07) is 9.23. The van der Waals surface area contributed by atoms with Crippen LogP contribution in [0.5, 0.6) is 0 Å². The van der Waals surface area contributed by atoms with Crippen molar-refractivity contribution in [1.82, 2.24) is 9.97 Å². The number of pyridine rings is 2. The number of hydrogen-bond acceptors (Lipinski definition) is 5. The highest BCUT2D eigenvalue weighted by molar-refractivity contribution is 7.92. The van der Waals surface area contributed by atoms with Gasteiger partial charge >= 0.3 is 0 Å². The van der Waals surface area contributed by atoms with E-state index in [1.807, 2.05) is 30.1 Å². The Morgan fingerprint density at radius 3 is 2.35 bits per heavy atom. The van der Waals surface area contributed by atoms with E-state index in [1.54, 1.807) is 45.3 Å². The second-order valence-electron chi connectivity index (χ2n) is 6.46. The Labute approximate surface area is 138 Å². The van der Waals surface area contributed by atoms with Crippen LogP contribution in [-0.2, 0) is 16.3 Å². The molecule has 23 heavy (non-hydrogen) atoms. The maximum absolute atomic E-state index is 12.4. The van der Waals surface area contributed by atoms with Crippen LogP contribution in [-0.4, -0.2) is 36.7 Å². The quantitative estimate of drug-likeness (QED) is 0.842. The van der Waals surface area contributed by atoms with Gasteiger partial charge in [0.2, 0.25) is 0 Å². The summed E-state index contributed by atoms with van der Waals surface area (Å²) in [5, 5.41) is 0.117. The first-order valence-electron chi connectivity index (χ1n) is 7.53. The maximum atomic E-state index is 12.4. The lowest BCUT2D eigenvalue weighted by Crippen LogP contribution is -2.29. The van der Waals surface area contributed by atoms with Crippen molar-refractivity contribution in [2.24, 2.45) is 0 Å². The fourth-order valence-electron chi connectivity index (χ4n) is 2.03. The summed E-state index contributed by atoms with van der Waals surface area (Å²) in [5.41, 5.74) is 1.91. The minimum atomic E-state index is -3.41. The fourth-order valence-corrected chi connectivity index (χ4v) is 3.09. The minimum Gasteiger partial charge on any atom is -0.373 e. The predicted molar refractivity (Wildman–Crippen MR) is 92.4 cm³/mol. The maximum Gasteiger partial charge on any atom is 0.200 e. The van der Waals surface area contributed by atoms with Crippen molar-refractivity contribution in [3.8, 4) is 0 Å². The average molecular weight is 333 g/mol. The molecule has 0 radical (unpaired) electrons. The topological polar surface area (TPSA) is 63.2 Å². The molecule has 0 aliphatic rings. The number of rotatable bonds is 5. The van der Waals surface area contributed by atoms with E-state index in [9.17, 15) is 8.42 Å². The van der Waals surface area contributed by atoms with Gasteiger partial charge in [0.15, 0.2) is 14.9 Å². The van der Waals surface area contributed by atoms with Crippen molar-refractivity contribution in [2.75, 3.05) is 18.5 Å². The molecule has 0 atom stereocenters. The minimum absolute atomic E-state index is 0.117. The van der Waals surface area contributed by atoms with Gasteiger partial charge in [-0.1, -0.05) is 6.07 Å². The molecule has 0 aliphatic heterocycles. The molecule has 0 amide bonds. The van der Waals surface area contributed by atoms with E-state index in [2.05, 4.69) is 9.97 Å². The summed E-state index contributed by atoms with van der Waals surface area (Å²) in [5.74, 6) is 0. The first-order chi connectivity index (χ1) is 10.7. The lowest BCUT2D eigenvalue weighted by Gasteiger charge is -2.21. The van der Waals surface area contributed by atoms with Crippen LogP contribution in [0.2, 0.25) is 0 Å². The van der Waals surface area contributed by atoms with E-state index in [4.69, 9.17) is 0 Å². The molecule has 0 aliphatic carbocycles. The zero-order valence-corrected chi connectivity index (χ0v) is 14.8. The third kappa shape index (κ3) is 4.07. The summed E-state index contributed by atoms with van der Waals surface area (Å²) in [4.78, 5) is 10.5. The summed E-state index contributed by atoms with van der Waals surface area (Å²) >= 11 is 0. The summed E-state index contributed by atoms with van der Waals surface area (Å²) in [6.45, 7) is 5.81. The third-order valence-electron chi connectivity index (χ3n) is 3.67. The van der Waals surface area contributed by atoms with Crippen LogP contribution in [0.25, 0.3) is 0 Å². The van der Waals surface area contributed by atoms with Crippen molar-refractivity contribution >= 4 is 15.5 Å². The lowest BCUT2D eigenvalue weighted by atomic mass is 10.2. The molecule has 2 aromatic heterocycles. The molecule has 0 bridgehead atoms. The van der Waals surface area contributed by atoms with Gasteiger partial charge in [-0.25, -0.2) is 13.4 Å². The van der Waals surface area contributed by atoms with Crippen molar-refractivity contribution in [1.29, 1.82) is 0 Å². The Hall–Kier alpha value is -1.95. The molecule has 6 heteroatoms. The molecule has 0 saturated carbocycles. The number of sulfone groups is 1. The molecule has 2 rings (SSSR count).